The molecule has 23 heavy (non-hydrogen) atoms. The van der Waals surface area contributed by atoms with E-state index in [0.29, 0.717) is 5.23 Å². The highest BCUT2D eigenvalue weighted by atomic mass is 35.5. The first kappa shape index (κ1) is 16.9. The van der Waals surface area contributed by atoms with E-state index in [9.17, 15) is 9.60 Å². The minimum atomic E-state index is -1.70. The number of halogens is 2. The van der Waals surface area contributed by atoms with Crippen molar-refractivity contribution in [1.82, 2.24) is 10.5 Å². The Balaban J connectivity index is 2.49. The molecule has 0 amide bonds. The molecule has 0 bridgehead atoms. The summed E-state index contributed by atoms with van der Waals surface area (Å²) in [6, 6.07) is 3.63. The zero-order valence-electron chi connectivity index (χ0n) is 11.6. The molecule has 0 saturated carbocycles. The van der Waals surface area contributed by atoms with Crippen LogP contribution >= 0.6 is 11.6 Å². The molecule has 1 aliphatic rings. The first-order valence-electron chi connectivity index (χ1n) is 6.24. The van der Waals surface area contributed by atoms with Crippen LogP contribution < -0.4 is 11.1 Å². The second kappa shape index (κ2) is 6.77. The Morgan fingerprint density at radius 2 is 2.43 bits per heavy atom. The van der Waals surface area contributed by atoms with Crippen LogP contribution in [-0.2, 0) is 10.6 Å². The first-order chi connectivity index (χ1) is 10.9. The maximum absolute atomic E-state index is 13.4. The Hall–Kier alpha value is -2.43. The summed E-state index contributed by atoms with van der Waals surface area (Å²) in [6.07, 6.45) is 0. The molecule has 1 heterocycles. The smallest absolute Gasteiger partial charge is 0.212 e. The number of oxime groups is 1. The number of hydrogen-bond acceptors (Lipinski definition) is 7. The monoisotopic (exact) mass is 342 g/mol. The van der Waals surface area contributed by atoms with Gasteiger partial charge in [-0.2, -0.15) is 0 Å². The number of rotatable bonds is 6. The maximum atomic E-state index is 13.4. The molecule has 1 atom stereocenters. The van der Waals surface area contributed by atoms with Gasteiger partial charge in [0.15, 0.2) is 5.71 Å². The number of nitrogens with one attached hydrogen (secondary N) is 2. The van der Waals surface area contributed by atoms with Gasteiger partial charge in [0.25, 0.3) is 0 Å². The summed E-state index contributed by atoms with van der Waals surface area (Å²) in [5.41, 5.74) is 12.1. The highest BCUT2D eigenvalue weighted by molar-refractivity contribution is 6.43. The van der Waals surface area contributed by atoms with Gasteiger partial charge in [0.2, 0.25) is 5.66 Å². The zero-order chi connectivity index (χ0) is 17.0. The molecule has 5 N–H and O–H groups in total. The lowest BCUT2D eigenvalue weighted by Crippen LogP contribution is -2.60. The van der Waals surface area contributed by atoms with Gasteiger partial charge in [0.05, 0.1) is 5.02 Å². The van der Waals surface area contributed by atoms with Gasteiger partial charge >= 0.3 is 0 Å². The molecule has 1 unspecified atom stereocenters. The van der Waals surface area contributed by atoms with Crippen LogP contribution in [0.15, 0.2) is 28.5 Å². The van der Waals surface area contributed by atoms with Crippen molar-refractivity contribution in [3.8, 4) is 0 Å². The summed E-state index contributed by atoms with van der Waals surface area (Å²) in [7, 11) is 0. The van der Waals surface area contributed by atoms with E-state index in [1.807, 2.05) is 0 Å². The van der Waals surface area contributed by atoms with Crippen molar-refractivity contribution in [1.29, 1.82) is 5.41 Å². The Labute approximate surface area is 134 Å². The van der Waals surface area contributed by atoms with Crippen molar-refractivity contribution in [2.45, 2.75) is 5.66 Å². The quantitative estimate of drug-likeness (QED) is 0.154. The largest absolute Gasteiger partial charge is 0.382 e. The van der Waals surface area contributed by atoms with Gasteiger partial charge in [0.1, 0.15) is 11.7 Å². The minimum absolute atomic E-state index is 0.0339. The van der Waals surface area contributed by atoms with Crippen molar-refractivity contribution >= 4 is 23.1 Å². The van der Waals surface area contributed by atoms with E-state index in [4.69, 9.17) is 28.3 Å². The van der Waals surface area contributed by atoms with Crippen LogP contribution in [0.5, 0.6) is 0 Å². The van der Waals surface area contributed by atoms with Gasteiger partial charge in [-0.3, -0.25) is 20.9 Å². The van der Waals surface area contributed by atoms with Crippen molar-refractivity contribution in [3.05, 3.63) is 45.0 Å². The van der Waals surface area contributed by atoms with Gasteiger partial charge in [-0.05, 0) is 17.7 Å². The lowest BCUT2D eigenvalue weighted by atomic mass is 9.93. The molecular formula is C11H12ClFN8O2. The normalized spacial score (nSPS) is 20.6. The third-order valence-electron chi connectivity index (χ3n) is 3.09. The molecule has 0 fully saturated rings. The molecule has 122 valence electrons. The van der Waals surface area contributed by atoms with Crippen molar-refractivity contribution in [2.24, 2.45) is 16.0 Å². The van der Waals surface area contributed by atoms with Crippen LogP contribution in [0.1, 0.15) is 5.56 Å². The van der Waals surface area contributed by atoms with Gasteiger partial charge in [-0.1, -0.05) is 27.9 Å². The topological polar surface area (TPSA) is 156 Å². The summed E-state index contributed by atoms with van der Waals surface area (Å²) in [6.45, 7) is 0.109. The predicted molar refractivity (Wildman–Crippen MR) is 79.2 cm³/mol. The number of hydroxylamine groups is 2. The summed E-state index contributed by atoms with van der Waals surface area (Å²) in [5, 5.41) is 27.5. The number of hydrogen-bond donors (Lipinski definition) is 4. The molecule has 1 aliphatic heterocycles. The van der Waals surface area contributed by atoms with Crippen LogP contribution in [-0.4, -0.2) is 35.1 Å². The SMILES string of the molecule is [N-]=[N+]=NCCNC1(c2ccc(F)c(Cl)c2)C(C(=N)N)=NON1O. The first-order valence-corrected chi connectivity index (χ1v) is 6.61. The fraction of sp³-hybridized carbons (Fsp3) is 0.273. The number of nitrogens with two attached hydrogens (primary N) is 1. The fourth-order valence-electron chi connectivity index (χ4n) is 2.09. The second-order valence-corrected chi connectivity index (χ2v) is 4.84. The van der Waals surface area contributed by atoms with E-state index in [1.54, 1.807) is 0 Å². The van der Waals surface area contributed by atoms with Crippen LogP contribution in [0.3, 0.4) is 0 Å². The summed E-state index contributed by atoms with van der Waals surface area (Å²) in [5.74, 6) is -1.15. The summed E-state index contributed by atoms with van der Waals surface area (Å²) in [4.78, 5) is 7.28. The standard InChI is InChI=1S/C11H12ClFN8O2/c12-7-5-6(1-2-8(7)13)11(17-3-4-18-20-16)9(10(14)15)19-23-21(11)22/h1-2,5,17,22H,3-4H2,(H3,14,15). The Morgan fingerprint density at radius 1 is 1.70 bits per heavy atom. The van der Waals surface area contributed by atoms with Gasteiger partial charge in [-0.15, -0.1) is 0 Å². The zero-order valence-corrected chi connectivity index (χ0v) is 12.3. The number of nitrogens with zero attached hydrogens (tertiary/aromatic N) is 5. The second-order valence-electron chi connectivity index (χ2n) is 4.43. The molecule has 10 nitrogen and oxygen atoms in total. The van der Waals surface area contributed by atoms with Crippen molar-refractivity contribution in [2.75, 3.05) is 13.1 Å². The van der Waals surface area contributed by atoms with E-state index < -0.39 is 17.3 Å². The third-order valence-corrected chi connectivity index (χ3v) is 3.38. The van der Waals surface area contributed by atoms with Crippen LogP contribution in [0.4, 0.5) is 4.39 Å². The molecule has 1 aromatic rings. The van der Waals surface area contributed by atoms with Crippen molar-refractivity contribution in [3.63, 3.8) is 0 Å². The molecule has 0 saturated heterocycles. The predicted octanol–water partition coefficient (Wildman–Crippen LogP) is 1.46. The van der Waals surface area contributed by atoms with Crippen LogP contribution in [0, 0.1) is 11.2 Å². The highest BCUT2D eigenvalue weighted by Gasteiger charge is 2.51. The Morgan fingerprint density at radius 3 is 3.04 bits per heavy atom. The van der Waals surface area contributed by atoms with Crippen LogP contribution in [0.2, 0.25) is 5.02 Å². The fourth-order valence-corrected chi connectivity index (χ4v) is 2.28. The lowest BCUT2D eigenvalue weighted by Gasteiger charge is -2.33. The van der Waals surface area contributed by atoms with Gasteiger partial charge in [0, 0.05) is 28.8 Å². The molecule has 0 aliphatic carbocycles. The molecule has 0 radical (unpaired) electrons. The third kappa shape index (κ3) is 3.04. The summed E-state index contributed by atoms with van der Waals surface area (Å²) < 4.78 is 13.4. The highest BCUT2D eigenvalue weighted by Crippen LogP contribution is 2.33. The van der Waals surface area contributed by atoms with E-state index in [0.717, 1.165) is 6.07 Å². The van der Waals surface area contributed by atoms with E-state index in [-0.39, 0.29) is 29.4 Å². The molecule has 1 aromatic carbocycles. The lowest BCUT2D eigenvalue weighted by molar-refractivity contribution is -0.371. The minimum Gasteiger partial charge on any atom is -0.382 e. The Bertz CT molecular complexity index is 707. The van der Waals surface area contributed by atoms with Gasteiger partial charge in [-0.25, -0.2) is 4.39 Å². The Kier molecular flexibility index (Phi) is 4.98. The van der Waals surface area contributed by atoms with E-state index in [2.05, 4.69) is 25.4 Å². The van der Waals surface area contributed by atoms with Crippen LogP contribution in [0.25, 0.3) is 10.4 Å². The number of azide groups is 1. The summed E-state index contributed by atoms with van der Waals surface area (Å²) >= 11 is 5.78. The molecule has 2 rings (SSSR count). The van der Waals surface area contributed by atoms with E-state index >= 15 is 0 Å². The maximum Gasteiger partial charge on any atom is 0.212 e. The van der Waals surface area contributed by atoms with Crippen molar-refractivity contribution < 1.29 is 14.5 Å². The molecule has 0 aromatic heterocycles. The number of benzene rings is 1. The molecule has 0 spiro atoms. The average molecular weight is 343 g/mol. The number of amidine groups is 1. The molecule has 12 heteroatoms. The van der Waals surface area contributed by atoms with E-state index in [1.165, 1.54) is 12.1 Å². The molecular weight excluding hydrogens is 331 g/mol. The average Bonchev–Trinajstić information content (AvgIpc) is 2.84. The van der Waals surface area contributed by atoms with Gasteiger partial charge < -0.3 is 5.73 Å².